The number of halogens is 1. The van der Waals surface area contributed by atoms with Crippen molar-refractivity contribution >= 4 is 54.0 Å². The molecule has 164 valence electrons. The Bertz CT molecular complexity index is 1350. The zero-order valence-corrected chi connectivity index (χ0v) is 19.8. The Hall–Kier alpha value is -2.74. The molecule has 0 atom stereocenters. The van der Waals surface area contributed by atoms with Crippen molar-refractivity contribution < 1.29 is 13.2 Å². The molecule has 4 rings (SSSR count). The molecule has 8 heteroatoms. The highest BCUT2D eigenvalue weighted by atomic mass is 35.5. The Morgan fingerprint density at radius 2 is 1.75 bits per heavy atom. The third kappa shape index (κ3) is 5.18. The van der Waals surface area contributed by atoms with Crippen LogP contribution in [0.5, 0.6) is 0 Å². The third-order valence-corrected chi connectivity index (χ3v) is 8.03. The molecule has 0 aliphatic carbocycles. The number of aryl methyl sites for hydroxylation is 1. The summed E-state index contributed by atoms with van der Waals surface area (Å²) in [4.78, 5) is 19.6. The number of thiazole rings is 1. The van der Waals surface area contributed by atoms with E-state index in [0.717, 1.165) is 21.3 Å². The van der Waals surface area contributed by atoms with Gasteiger partial charge in [-0.15, -0.1) is 0 Å². The third-order valence-electron chi connectivity index (χ3n) is 5.01. The van der Waals surface area contributed by atoms with Gasteiger partial charge in [0.15, 0.2) is 15.0 Å². The van der Waals surface area contributed by atoms with Crippen LogP contribution in [0, 0.1) is 6.92 Å². The highest BCUT2D eigenvalue weighted by Crippen LogP contribution is 2.31. The maximum atomic E-state index is 13.2. The Kier molecular flexibility index (Phi) is 6.60. The molecule has 0 radical (unpaired) electrons. The summed E-state index contributed by atoms with van der Waals surface area (Å²) in [6, 6.07) is 21.5. The lowest BCUT2D eigenvalue weighted by molar-refractivity contribution is -0.118. The Labute approximate surface area is 196 Å². The lowest BCUT2D eigenvalue weighted by Crippen LogP contribution is -2.31. The number of nitrogens with zero attached hydrogens (tertiary/aromatic N) is 2. The van der Waals surface area contributed by atoms with Crippen LogP contribution in [0.25, 0.3) is 10.2 Å². The largest absolute Gasteiger partial charge is 0.284 e. The highest BCUT2D eigenvalue weighted by Gasteiger charge is 2.23. The van der Waals surface area contributed by atoms with Crippen molar-refractivity contribution in [2.75, 3.05) is 10.7 Å². The summed E-state index contributed by atoms with van der Waals surface area (Å²) in [6.45, 7) is 2.33. The first kappa shape index (κ1) is 22.5. The second-order valence-electron chi connectivity index (χ2n) is 7.46. The van der Waals surface area contributed by atoms with E-state index in [-0.39, 0.29) is 23.0 Å². The van der Waals surface area contributed by atoms with Crippen LogP contribution in [0.2, 0.25) is 5.02 Å². The maximum absolute atomic E-state index is 13.2. The van der Waals surface area contributed by atoms with E-state index in [9.17, 15) is 13.2 Å². The normalized spacial score (nSPS) is 11.6. The molecule has 0 saturated heterocycles. The molecule has 5 nitrogen and oxygen atoms in total. The van der Waals surface area contributed by atoms with Crippen LogP contribution in [0.1, 0.15) is 17.5 Å². The van der Waals surface area contributed by atoms with Crippen LogP contribution in [0.4, 0.5) is 5.13 Å². The first-order chi connectivity index (χ1) is 15.3. The van der Waals surface area contributed by atoms with Gasteiger partial charge in [-0.05, 0) is 54.4 Å². The number of fused-ring (bicyclic) bond motifs is 1. The lowest BCUT2D eigenvalue weighted by atomic mass is 10.2. The van der Waals surface area contributed by atoms with Crippen LogP contribution >= 0.6 is 22.9 Å². The number of benzene rings is 3. The van der Waals surface area contributed by atoms with Crippen molar-refractivity contribution in [3.8, 4) is 0 Å². The highest BCUT2D eigenvalue weighted by molar-refractivity contribution is 7.91. The van der Waals surface area contributed by atoms with Crippen LogP contribution < -0.4 is 4.90 Å². The van der Waals surface area contributed by atoms with Gasteiger partial charge in [0, 0.05) is 11.4 Å². The summed E-state index contributed by atoms with van der Waals surface area (Å²) in [5, 5.41) is 1.02. The minimum absolute atomic E-state index is 0.146. The van der Waals surface area contributed by atoms with E-state index < -0.39 is 9.84 Å². The molecule has 3 aromatic carbocycles. The smallest absolute Gasteiger partial charge is 0.230 e. The fourth-order valence-corrected chi connectivity index (χ4v) is 5.72. The van der Waals surface area contributed by atoms with Crippen LogP contribution in [0.3, 0.4) is 0 Å². The van der Waals surface area contributed by atoms with Gasteiger partial charge in [0.2, 0.25) is 5.91 Å². The van der Waals surface area contributed by atoms with Gasteiger partial charge in [0.05, 0.1) is 27.4 Å². The Balaban J connectivity index is 1.60. The van der Waals surface area contributed by atoms with Gasteiger partial charge in [-0.2, -0.15) is 0 Å². The summed E-state index contributed by atoms with van der Waals surface area (Å²) < 4.78 is 26.4. The predicted molar refractivity (Wildman–Crippen MR) is 130 cm³/mol. The van der Waals surface area contributed by atoms with Gasteiger partial charge in [0.25, 0.3) is 0 Å². The number of anilines is 1. The van der Waals surface area contributed by atoms with Gasteiger partial charge < -0.3 is 0 Å². The van der Waals surface area contributed by atoms with E-state index in [4.69, 9.17) is 11.6 Å². The van der Waals surface area contributed by atoms with Crippen molar-refractivity contribution in [1.29, 1.82) is 0 Å². The summed E-state index contributed by atoms with van der Waals surface area (Å²) in [7, 11) is -3.61. The molecule has 0 spiro atoms. The van der Waals surface area contributed by atoms with Gasteiger partial charge in [-0.25, -0.2) is 13.4 Å². The van der Waals surface area contributed by atoms with Crippen LogP contribution in [-0.4, -0.2) is 25.1 Å². The minimum atomic E-state index is -3.61. The molecule has 1 heterocycles. The summed E-state index contributed by atoms with van der Waals surface area (Å²) in [6.07, 6.45) is -0.146. The van der Waals surface area contributed by atoms with Gasteiger partial charge >= 0.3 is 0 Å². The number of hydrogen-bond acceptors (Lipinski definition) is 5. The molecule has 4 aromatic rings. The van der Waals surface area contributed by atoms with Crippen molar-refractivity contribution in [2.24, 2.45) is 0 Å². The molecule has 1 amide bonds. The number of carbonyl (C=O) groups is 1. The maximum Gasteiger partial charge on any atom is 0.230 e. The molecule has 0 aliphatic rings. The molecule has 0 fully saturated rings. The van der Waals surface area contributed by atoms with Crippen LogP contribution in [0.15, 0.2) is 77.7 Å². The Morgan fingerprint density at radius 3 is 2.47 bits per heavy atom. The summed E-state index contributed by atoms with van der Waals surface area (Å²) in [5.41, 5.74) is 2.87. The standard InChI is InChI=1S/C24H21ClN2O3S2/c1-17-7-12-21-22(15-17)31-24(26-21)27(16-18-5-3-2-4-6-18)23(28)13-14-32(29,30)20-10-8-19(25)9-11-20/h2-12,15H,13-14,16H2,1H3. The lowest BCUT2D eigenvalue weighted by Gasteiger charge is -2.20. The number of hydrogen-bond donors (Lipinski definition) is 0. The predicted octanol–water partition coefficient (Wildman–Crippen LogP) is 5.66. The molecular formula is C24H21ClN2O3S2. The molecular weight excluding hydrogens is 464 g/mol. The number of amides is 1. The number of carbonyl (C=O) groups excluding carboxylic acids is 1. The van der Waals surface area contributed by atoms with E-state index >= 15 is 0 Å². The van der Waals surface area contributed by atoms with Crippen molar-refractivity contribution in [1.82, 2.24) is 4.98 Å². The zero-order valence-electron chi connectivity index (χ0n) is 17.4. The molecule has 32 heavy (non-hydrogen) atoms. The minimum Gasteiger partial charge on any atom is -0.284 e. The molecule has 0 bridgehead atoms. The Morgan fingerprint density at radius 1 is 1.03 bits per heavy atom. The van der Waals surface area contributed by atoms with E-state index in [1.807, 2.05) is 55.5 Å². The fourth-order valence-electron chi connectivity index (χ4n) is 3.28. The second-order valence-corrected chi connectivity index (χ2v) is 11.0. The van der Waals surface area contributed by atoms with Gasteiger partial charge in [-0.1, -0.05) is 59.3 Å². The molecule has 0 aliphatic heterocycles. The average molecular weight is 485 g/mol. The molecule has 0 saturated carbocycles. The van der Waals surface area contributed by atoms with Crippen LogP contribution in [-0.2, 0) is 21.2 Å². The summed E-state index contributed by atoms with van der Waals surface area (Å²) >= 11 is 7.29. The monoisotopic (exact) mass is 484 g/mol. The zero-order chi connectivity index (χ0) is 22.7. The van der Waals surface area contributed by atoms with Gasteiger partial charge in [-0.3, -0.25) is 9.69 Å². The molecule has 0 unspecified atom stereocenters. The van der Waals surface area contributed by atoms with Gasteiger partial charge in [0.1, 0.15) is 0 Å². The molecule has 1 aromatic heterocycles. The number of aromatic nitrogens is 1. The van der Waals surface area contributed by atoms with Crippen molar-refractivity contribution in [2.45, 2.75) is 24.8 Å². The van der Waals surface area contributed by atoms with Crippen molar-refractivity contribution in [3.05, 3.63) is 88.9 Å². The fraction of sp³-hybridized carbons (Fsp3) is 0.167. The van der Waals surface area contributed by atoms with Crippen molar-refractivity contribution in [3.63, 3.8) is 0 Å². The van der Waals surface area contributed by atoms with E-state index in [2.05, 4.69) is 4.98 Å². The number of rotatable bonds is 7. The van der Waals surface area contributed by atoms with E-state index in [1.165, 1.54) is 35.6 Å². The first-order valence-electron chi connectivity index (χ1n) is 10.0. The number of sulfone groups is 1. The SMILES string of the molecule is Cc1ccc2nc(N(Cc3ccccc3)C(=O)CCS(=O)(=O)c3ccc(Cl)cc3)sc2c1. The van der Waals surface area contributed by atoms with E-state index in [0.29, 0.717) is 16.7 Å². The summed E-state index contributed by atoms with van der Waals surface area (Å²) in [5.74, 6) is -0.579. The van der Waals surface area contributed by atoms with E-state index in [1.54, 1.807) is 4.90 Å². The molecule has 0 N–H and O–H groups in total. The average Bonchev–Trinajstić information content (AvgIpc) is 3.19. The topological polar surface area (TPSA) is 67.3 Å². The quantitative estimate of drug-likeness (QED) is 0.339. The second kappa shape index (κ2) is 9.40. The first-order valence-corrected chi connectivity index (χ1v) is 12.9.